The second kappa shape index (κ2) is 59.8. The van der Waals surface area contributed by atoms with Crippen molar-refractivity contribution in [2.45, 2.75) is 363 Å². The SMILES string of the molecule is CC(C)CCCCCCCCCCCCCCCCC(=O)OC[C@H](COP(=O)(O)OCC(O)COP(=O)(O)OC[C@@H](COC(=O)CCCCCCCCCCC(C)C)OC(=O)CCCCCCCCCCCC(C)C)OC(=O)CCCCCCCCC(C)C. The molecule has 0 amide bonds. The minimum Gasteiger partial charge on any atom is -0.462 e. The third kappa shape index (κ3) is 64.6. The lowest BCUT2D eigenvalue weighted by Crippen LogP contribution is -2.30. The van der Waals surface area contributed by atoms with Gasteiger partial charge in [0, 0.05) is 25.7 Å². The standard InChI is InChI=1S/C70H136O17P2/c1-60(2)46-38-30-22-16-13-11-9-10-12-14-18-25-34-42-50-67(72)80-57-66(87-70(75)53-45-37-29-28-33-41-49-63(7)8)59-85-89(78,79)83-55-64(71)54-82-88(76,77)84-58-65(56-81-68(73)51-43-35-26-21-20-24-32-40-48-62(5)6)86-69(74)52-44-36-27-19-15-17-23-31-39-47-61(3)4/h60-66,71H,9-59H2,1-8H3,(H,76,77)(H,78,79)/t64?,65-,66-/m1/s1. The van der Waals surface area contributed by atoms with E-state index in [0.29, 0.717) is 31.6 Å². The highest BCUT2D eigenvalue weighted by Crippen LogP contribution is 2.45. The molecule has 0 saturated carbocycles. The summed E-state index contributed by atoms with van der Waals surface area (Å²) < 4.78 is 68.2. The summed E-state index contributed by atoms with van der Waals surface area (Å²) in [6.45, 7) is 14.0. The minimum atomic E-state index is -4.95. The van der Waals surface area contributed by atoms with Crippen LogP contribution in [-0.4, -0.2) is 96.7 Å². The quantitative estimate of drug-likeness (QED) is 0.0222. The average Bonchev–Trinajstić information content (AvgIpc) is 3.65. The first kappa shape index (κ1) is 87.1. The molecule has 0 bridgehead atoms. The number of phosphoric ester groups is 2. The van der Waals surface area contributed by atoms with E-state index < -0.39 is 97.5 Å². The molecule has 0 heterocycles. The van der Waals surface area contributed by atoms with Gasteiger partial charge >= 0.3 is 39.5 Å². The molecular weight excluding hydrogens is 1170 g/mol. The Hall–Kier alpha value is -1.94. The second-order valence-electron chi connectivity index (χ2n) is 27.2. The topological polar surface area (TPSA) is 237 Å². The maximum absolute atomic E-state index is 13.0. The molecule has 0 fully saturated rings. The monoisotopic (exact) mass is 1310 g/mol. The highest BCUT2D eigenvalue weighted by atomic mass is 31.2. The Bertz CT molecular complexity index is 1760. The van der Waals surface area contributed by atoms with E-state index in [0.717, 1.165) is 108 Å². The molecule has 0 aliphatic carbocycles. The molecule has 3 N–H and O–H groups in total. The van der Waals surface area contributed by atoms with Gasteiger partial charge in [-0.3, -0.25) is 37.3 Å². The summed E-state index contributed by atoms with van der Waals surface area (Å²) in [6, 6.07) is 0. The van der Waals surface area contributed by atoms with Gasteiger partial charge in [-0.15, -0.1) is 0 Å². The highest BCUT2D eigenvalue weighted by Gasteiger charge is 2.30. The van der Waals surface area contributed by atoms with Crippen LogP contribution in [0, 0.1) is 23.7 Å². The van der Waals surface area contributed by atoms with Crippen molar-refractivity contribution in [3.05, 3.63) is 0 Å². The van der Waals surface area contributed by atoms with Crippen LogP contribution in [0.25, 0.3) is 0 Å². The lowest BCUT2D eigenvalue weighted by molar-refractivity contribution is -0.161. The maximum atomic E-state index is 13.0. The van der Waals surface area contributed by atoms with E-state index in [-0.39, 0.29) is 25.7 Å². The molecular formula is C70H136O17P2. The maximum Gasteiger partial charge on any atom is 0.472 e. The summed E-state index contributed by atoms with van der Waals surface area (Å²) >= 11 is 0. The third-order valence-corrected chi connectivity index (χ3v) is 18.0. The number of ether oxygens (including phenoxy) is 4. The summed E-state index contributed by atoms with van der Waals surface area (Å²) in [4.78, 5) is 72.5. The van der Waals surface area contributed by atoms with Crippen LogP contribution in [0.2, 0.25) is 0 Å². The van der Waals surface area contributed by atoms with E-state index in [9.17, 15) is 43.2 Å². The molecule has 0 aliphatic heterocycles. The van der Waals surface area contributed by atoms with Gasteiger partial charge in [-0.1, -0.05) is 293 Å². The molecule has 0 spiro atoms. The number of rotatable bonds is 67. The van der Waals surface area contributed by atoms with Crippen LogP contribution in [0.15, 0.2) is 0 Å². The normalized spacial score (nSPS) is 14.3. The molecule has 5 atom stereocenters. The Balaban J connectivity index is 5.19. The van der Waals surface area contributed by atoms with Gasteiger partial charge in [0.05, 0.1) is 26.4 Å². The number of carbonyl (C=O) groups is 4. The zero-order valence-corrected chi connectivity index (χ0v) is 59.8. The van der Waals surface area contributed by atoms with Crippen LogP contribution < -0.4 is 0 Å². The van der Waals surface area contributed by atoms with Gasteiger partial charge in [-0.25, -0.2) is 9.13 Å². The minimum absolute atomic E-state index is 0.102. The Morgan fingerprint density at radius 3 is 0.697 bits per heavy atom. The zero-order chi connectivity index (χ0) is 66.1. The molecule has 0 rings (SSSR count). The fraction of sp³-hybridized carbons (Fsp3) is 0.943. The van der Waals surface area contributed by atoms with Crippen molar-refractivity contribution < 1.29 is 80.2 Å². The molecule has 89 heavy (non-hydrogen) atoms. The van der Waals surface area contributed by atoms with Crippen molar-refractivity contribution in [3.63, 3.8) is 0 Å². The summed E-state index contributed by atoms with van der Waals surface area (Å²) in [7, 11) is -9.90. The van der Waals surface area contributed by atoms with Crippen LogP contribution >= 0.6 is 15.6 Å². The molecule has 0 radical (unpaired) electrons. The van der Waals surface area contributed by atoms with Crippen molar-refractivity contribution in [2.24, 2.45) is 23.7 Å². The smallest absolute Gasteiger partial charge is 0.462 e. The first-order chi connectivity index (χ1) is 42.6. The van der Waals surface area contributed by atoms with Crippen LogP contribution in [0.4, 0.5) is 0 Å². The van der Waals surface area contributed by atoms with Crippen molar-refractivity contribution in [2.75, 3.05) is 39.6 Å². The predicted molar refractivity (Wildman–Crippen MR) is 358 cm³/mol. The van der Waals surface area contributed by atoms with Gasteiger partial charge in [-0.05, 0) is 49.4 Å². The Kier molecular flexibility index (Phi) is 58.5. The van der Waals surface area contributed by atoms with E-state index in [4.69, 9.17) is 37.0 Å². The number of phosphoric acid groups is 2. The first-order valence-electron chi connectivity index (χ1n) is 36.2. The lowest BCUT2D eigenvalue weighted by Gasteiger charge is -2.21. The summed E-state index contributed by atoms with van der Waals surface area (Å²) in [5, 5.41) is 10.6. The van der Waals surface area contributed by atoms with Crippen molar-refractivity contribution in [3.8, 4) is 0 Å². The predicted octanol–water partition coefficient (Wildman–Crippen LogP) is 19.7. The molecule has 0 aromatic carbocycles. The van der Waals surface area contributed by atoms with Crippen molar-refractivity contribution in [1.82, 2.24) is 0 Å². The number of hydrogen-bond acceptors (Lipinski definition) is 15. The Morgan fingerprint density at radius 2 is 0.472 bits per heavy atom. The van der Waals surface area contributed by atoms with E-state index in [1.54, 1.807) is 0 Å². The molecule has 19 heteroatoms. The molecule has 0 saturated heterocycles. The van der Waals surface area contributed by atoms with E-state index in [1.165, 1.54) is 148 Å². The van der Waals surface area contributed by atoms with Gasteiger partial charge in [0.25, 0.3) is 0 Å². The van der Waals surface area contributed by atoms with Gasteiger partial charge in [0.1, 0.15) is 19.3 Å². The molecule has 17 nitrogen and oxygen atoms in total. The zero-order valence-electron chi connectivity index (χ0n) is 58.1. The summed E-state index contributed by atoms with van der Waals surface area (Å²) in [5.74, 6) is 0.797. The summed E-state index contributed by atoms with van der Waals surface area (Å²) in [6.07, 6.45) is 42.0. The average molecular weight is 1310 g/mol. The third-order valence-electron chi connectivity index (χ3n) is 16.1. The molecule has 0 aromatic rings. The van der Waals surface area contributed by atoms with Crippen LogP contribution in [-0.2, 0) is 65.4 Å². The Morgan fingerprint density at radius 1 is 0.281 bits per heavy atom. The van der Waals surface area contributed by atoms with E-state index >= 15 is 0 Å². The largest absolute Gasteiger partial charge is 0.472 e. The van der Waals surface area contributed by atoms with Crippen molar-refractivity contribution in [1.29, 1.82) is 0 Å². The number of carbonyl (C=O) groups excluding carboxylic acids is 4. The molecule has 528 valence electrons. The van der Waals surface area contributed by atoms with Crippen LogP contribution in [0.3, 0.4) is 0 Å². The second-order valence-corrected chi connectivity index (χ2v) is 30.1. The van der Waals surface area contributed by atoms with Crippen LogP contribution in [0.5, 0.6) is 0 Å². The highest BCUT2D eigenvalue weighted by molar-refractivity contribution is 7.47. The number of esters is 4. The number of aliphatic hydroxyl groups is 1. The fourth-order valence-electron chi connectivity index (χ4n) is 10.5. The van der Waals surface area contributed by atoms with E-state index in [1.807, 2.05) is 0 Å². The molecule has 0 aliphatic rings. The number of unbranched alkanes of at least 4 members (excludes halogenated alkanes) is 33. The number of aliphatic hydroxyl groups excluding tert-OH is 1. The number of hydrogen-bond donors (Lipinski definition) is 3. The van der Waals surface area contributed by atoms with Gasteiger partial charge < -0.3 is 33.8 Å². The van der Waals surface area contributed by atoms with Gasteiger partial charge in [0.15, 0.2) is 12.2 Å². The van der Waals surface area contributed by atoms with Gasteiger partial charge in [-0.2, -0.15) is 0 Å². The van der Waals surface area contributed by atoms with E-state index in [2.05, 4.69) is 55.4 Å². The molecule has 3 unspecified atom stereocenters. The van der Waals surface area contributed by atoms with Crippen LogP contribution in [0.1, 0.15) is 344 Å². The van der Waals surface area contributed by atoms with Gasteiger partial charge in [0.2, 0.25) is 0 Å². The lowest BCUT2D eigenvalue weighted by atomic mass is 10.0. The summed E-state index contributed by atoms with van der Waals surface area (Å²) in [5.41, 5.74) is 0. The molecule has 0 aromatic heterocycles. The first-order valence-corrected chi connectivity index (χ1v) is 39.2. The fourth-order valence-corrected chi connectivity index (χ4v) is 12.1. The van der Waals surface area contributed by atoms with Crippen molar-refractivity contribution >= 4 is 39.5 Å². The Labute approximate surface area is 543 Å².